The van der Waals surface area contributed by atoms with Crippen LogP contribution in [-0.4, -0.2) is 48.9 Å². The van der Waals surface area contributed by atoms with Crippen molar-refractivity contribution in [1.82, 2.24) is 15.2 Å². The third-order valence-corrected chi connectivity index (χ3v) is 5.10. The predicted molar refractivity (Wildman–Crippen MR) is 116 cm³/mol. The number of rotatable bonds is 7. The summed E-state index contributed by atoms with van der Waals surface area (Å²) in [5, 5.41) is 3.35. The highest BCUT2D eigenvalue weighted by molar-refractivity contribution is 6.01. The zero-order valence-corrected chi connectivity index (χ0v) is 17.5. The molecule has 0 saturated carbocycles. The van der Waals surface area contributed by atoms with Gasteiger partial charge in [-0.3, -0.25) is 0 Å². The van der Waals surface area contributed by atoms with E-state index in [4.69, 9.17) is 0 Å². The molecule has 1 fully saturated rings. The fourth-order valence-electron chi connectivity index (χ4n) is 3.15. The molecule has 0 bridgehead atoms. The van der Waals surface area contributed by atoms with Gasteiger partial charge in [-0.05, 0) is 25.0 Å². The average Bonchev–Trinajstić information content (AvgIpc) is 2.73. The number of halogens is 1. The quantitative estimate of drug-likeness (QED) is 0.440. The molecule has 2 heterocycles. The van der Waals surface area contributed by atoms with Crippen LogP contribution in [0.5, 0.6) is 0 Å². The number of likely N-dealkylation sites (N-methyl/N-ethyl adjacent to an activating group) is 1. The van der Waals surface area contributed by atoms with E-state index in [1.54, 1.807) is 18.5 Å². The van der Waals surface area contributed by atoms with Gasteiger partial charge in [0.25, 0.3) is 0 Å². The summed E-state index contributed by atoms with van der Waals surface area (Å²) in [6, 6.07) is 3.58. The number of anilines is 1. The minimum absolute atomic E-state index is 0.224. The summed E-state index contributed by atoms with van der Waals surface area (Å²) in [6.07, 6.45) is 6.60. The number of aliphatic imine (C=N–C) groups is 1. The Hall–Kier alpha value is -2.47. The van der Waals surface area contributed by atoms with Crippen LogP contribution in [0, 0.1) is 5.92 Å². The Morgan fingerprint density at radius 2 is 2.07 bits per heavy atom. The summed E-state index contributed by atoms with van der Waals surface area (Å²) < 4.78 is 15.1. The summed E-state index contributed by atoms with van der Waals surface area (Å²) in [5.74, 6) is 1.28. The van der Waals surface area contributed by atoms with Crippen LogP contribution in [-0.2, 0) is 5.67 Å². The van der Waals surface area contributed by atoms with Crippen LogP contribution < -0.4 is 10.2 Å². The molecule has 0 aliphatic carbocycles. The van der Waals surface area contributed by atoms with E-state index in [1.165, 1.54) is 6.08 Å². The molecule has 1 unspecified atom stereocenters. The predicted octanol–water partition coefficient (Wildman–Crippen LogP) is 3.88. The van der Waals surface area contributed by atoms with Crippen LogP contribution in [0.4, 0.5) is 10.2 Å². The molecule has 1 aliphatic heterocycles. The van der Waals surface area contributed by atoms with Crippen molar-refractivity contribution in [2.75, 3.05) is 38.1 Å². The number of piperazine rings is 1. The molecule has 5 nitrogen and oxygen atoms in total. The molecule has 0 spiro atoms. The van der Waals surface area contributed by atoms with Crippen molar-refractivity contribution in [2.24, 2.45) is 10.9 Å². The minimum Gasteiger partial charge on any atom is -0.352 e. The maximum atomic E-state index is 15.1. The molecular weight excluding hydrogens is 353 g/mol. The van der Waals surface area contributed by atoms with Crippen molar-refractivity contribution in [1.29, 1.82) is 0 Å². The topological polar surface area (TPSA) is 43.8 Å². The highest BCUT2D eigenvalue weighted by Crippen LogP contribution is 2.35. The SMILES string of the molecule is C=CC(F)(c1ccc(N(C)C(=C)C(=N/C=C\C)N2CCNCC2)nc1)C(C)C. The lowest BCUT2D eigenvalue weighted by atomic mass is 9.86. The Labute approximate surface area is 168 Å². The molecule has 0 aromatic carbocycles. The first kappa shape index (κ1) is 21.8. The Morgan fingerprint density at radius 3 is 2.57 bits per heavy atom. The zero-order chi connectivity index (χ0) is 20.7. The number of allylic oxidation sites excluding steroid dienone is 2. The van der Waals surface area contributed by atoms with E-state index in [-0.39, 0.29) is 5.92 Å². The standard InChI is InChI=1S/C22H32FN5/c1-7-11-25-21(28-14-12-24-13-15-28)18(5)27(6)20-10-9-19(16-26-20)22(23,8-2)17(3)4/h7-11,16-17,24H,2,5,12-15H2,1,3-4,6H3/b11-7-,25-21?. The molecule has 1 aromatic rings. The summed E-state index contributed by atoms with van der Waals surface area (Å²) in [5.41, 5.74) is -0.343. The van der Waals surface area contributed by atoms with Crippen LogP contribution in [0.15, 0.2) is 60.5 Å². The largest absolute Gasteiger partial charge is 0.352 e. The Bertz CT molecular complexity index is 732. The van der Waals surface area contributed by atoms with Crippen molar-refractivity contribution in [3.63, 3.8) is 0 Å². The van der Waals surface area contributed by atoms with Gasteiger partial charge in [0, 0.05) is 51.2 Å². The van der Waals surface area contributed by atoms with Gasteiger partial charge in [-0.25, -0.2) is 14.4 Å². The highest BCUT2D eigenvalue weighted by Gasteiger charge is 2.32. The van der Waals surface area contributed by atoms with E-state index < -0.39 is 5.67 Å². The molecule has 1 N–H and O–H groups in total. The average molecular weight is 386 g/mol. The number of amidine groups is 1. The molecule has 6 heteroatoms. The number of pyridine rings is 1. The Balaban J connectivity index is 2.26. The number of hydrogen-bond donors (Lipinski definition) is 1. The number of hydrogen-bond acceptors (Lipinski definition) is 4. The summed E-state index contributed by atoms with van der Waals surface area (Å²) in [6.45, 7) is 17.1. The molecule has 152 valence electrons. The van der Waals surface area contributed by atoms with Crippen LogP contribution in [0.3, 0.4) is 0 Å². The first-order valence-electron chi connectivity index (χ1n) is 9.71. The lowest BCUT2D eigenvalue weighted by molar-refractivity contribution is 0.160. The molecule has 1 aliphatic rings. The van der Waals surface area contributed by atoms with Gasteiger partial charge in [0.05, 0.1) is 5.70 Å². The molecule has 1 atom stereocenters. The van der Waals surface area contributed by atoms with E-state index in [0.29, 0.717) is 11.4 Å². The molecule has 1 saturated heterocycles. The second kappa shape index (κ2) is 9.64. The van der Waals surface area contributed by atoms with Gasteiger partial charge in [0.1, 0.15) is 5.82 Å². The van der Waals surface area contributed by atoms with Crippen molar-refractivity contribution in [3.8, 4) is 0 Å². The van der Waals surface area contributed by atoms with Gasteiger partial charge in [-0.1, -0.05) is 39.1 Å². The first-order valence-corrected chi connectivity index (χ1v) is 9.71. The highest BCUT2D eigenvalue weighted by atomic mass is 19.1. The van der Waals surface area contributed by atoms with Gasteiger partial charge in [-0.2, -0.15) is 0 Å². The lowest BCUT2D eigenvalue weighted by Gasteiger charge is -2.33. The van der Waals surface area contributed by atoms with E-state index >= 15 is 4.39 Å². The molecular formula is C22H32FN5. The van der Waals surface area contributed by atoms with Crippen LogP contribution in [0.1, 0.15) is 26.3 Å². The lowest BCUT2D eigenvalue weighted by Crippen LogP contribution is -2.48. The van der Waals surface area contributed by atoms with Crippen molar-refractivity contribution >= 4 is 11.7 Å². The fraction of sp³-hybridized carbons (Fsp3) is 0.455. The van der Waals surface area contributed by atoms with Crippen LogP contribution in [0.25, 0.3) is 0 Å². The van der Waals surface area contributed by atoms with Gasteiger partial charge in [0.2, 0.25) is 0 Å². The van der Waals surface area contributed by atoms with Crippen molar-refractivity contribution in [3.05, 3.63) is 61.1 Å². The van der Waals surface area contributed by atoms with Crippen molar-refractivity contribution < 1.29 is 4.39 Å². The van der Waals surface area contributed by atoms with E-state index in [1.807, 2.05) is 44.9 Å². The maximum absolute atomic E-state index is 15.1. The summed E-state index contributed by atoms with van der Waals surface area (Å²) in [4.78, 5) is 13.2. The molecule has 28 heavy (non-hydrogen) atoms. The minimum atomic E-state index is -1.60. The fourth-order valence-corrected chi connectivity index (χ4v) is 3.15. The third-order valence-electron chi connectivity index (χ3n) is 5.10. The first-order chi connectivity index (χ1) is 13.3. The zero-order valence-electron chi connectivity index (χ0n) is 17.5. The maximum Gasteiger partial charge on any atom is 0.157 e. The second-order valence-corrected chi connectivity index (χ2v) is 7.21. The van der Waals surface area contributed by atoms with Gasteiger partial charge in [-0.15, -0.1) is 0 Å². The molecule has 2 rings (SSSR count). The normalized spacial score (nSPS) is 17.6. The Morgan fingerprint density at radius 1 is 1.39 bits per heavy atom. The van der Waals surface area contributed by atoms with E-state index in [0.717, 1.165) is 37.7 Å². The third kappa shape index (κ3) is 4.68. The van der Waals surface area contributed by atoms with Gasteiger partial charge < -0.3 is 15.1 Å². The number of nitrogens with one attached hydrogen (secondary N) is 1. The van der Waals surface area contributed by atoms with Gasteiger partial charge >= 0.3 is 0 Å². The second-order valence-electron chi connectivity index (χ2n) is 7.21. The van der Waals surface area contributed by atoms with E-state index in [9.17, 15) is 0 Å². The molecule has 0 radical (unpaired) electrons. The molecule has 0 amide bonds. The van der Waals surface area contributed by atoms with Gasteiger partial charge in [0.15, 0.2) is 11.5 Å². The van der Waals surface area contributed by atoms with Crippen LogP contribution >= 0.6 is 0 Å². The molecule has 1 aromatic heterocycles. The monoisotopic (exact) mass is 385 g/mol. The number of alkyl halides is 1. The van der Waals surface area contributed by atoms with Crippen molar-refractivity contribution in [2.45, 2.75) is 26.4 Å². The van der Waals surface area contributed by atoms with Crippen LogP contribution in [0.2, 0.25) is 0 Å². The summed E-state index contributed by atoms with van der Waals surface area (Å²) >= 11 is 0. The number of nitrogens with zero attached hydrogens (tertiary/aromatic N) is 4. The van der Waals surface area contributed by atoms with E-state index in [2.05, 4.69) is 33.4 Å². The number of aromatic nitrogens is 1. The Kier molecular flexibility index (Phi) is 7.52. The summed E-state index contributed by atoms with van der Waals surface area (Å²) in [7, 11) is 1.90. The smallest absolute Gasteiger partial charge is 0.157 e.